The lowest BCUT2D eigenvalue weighted by molar-refractivity contribution is 0.176. The van der Waals surface area contributed by atoms with Crippen LogP contribution in [-0.2, 0) is 6.54 Å². The fourth-order valence-corrected chi connectivity index (χ4v) is 2.90. The molecule has 1 fully saturated rings. The maximum atomic E-state index is 6.32. The first-order valence-corrected chi connectivity index (χ1v) is 8.54. The molecule has 0 radical (unpaired) electrons. The fourth-order valence-electron chi connectivity index (χ4n) is 2.67. The molecule has 0 aromatic carbocycles. The van der Waals surface area contributed by atoms with Crippen LogP contribution in [0.5, 0.6) is 5.88 Å². The van der Waals surface area contributed by atoms with E-state index >= 15 is 0 Å². The highest BCUT2D eigenvalue weighted by Gasteiger charge is 2.16. The number of hydrogen-bond donors (Lipinski definition) is 1. The standard InChI is InChI=1S/C17H27ClN2O/c1-13(2)10-19-11-14-9-16(18)17(20-12-14)21-15-7-5-3-4-6-8-15/h9,12-13,15,19H,3-8,10-11H2,1-2H3. The van der Waals surface area contributed by atoms with Crippen LogP contribution in [0.2, 0.25) is 5.02 Å². The molecule has 0 aliphatic heterocycles. The summed E-state index contributed by atoms with van der Waals surface area (Å²) in [6.45, 7) is 6.19. The van der Waals surface area contributed by atoms with E-state index in [1.807, 2.05) is 12.3 Å². The molecule has 118 valence electrons. The monoisotopic (exact) mass is 310 g/mol. The van der Waals surface area contributed by atoms with Crippen molar-refractivity contribution in [3.8, 4) is 5.88 Å². The molecular formula is C17H27ClN2O. The number of hydrogen-bond acceptors (Lipinski definition) is 3. The summed E-state index contributed by atoms with van der Waals surface area (Å²) in [5, 5.41) is 4.03. The first kappa shape index (κ1) is 16.6. The van der Waals surface area contributed by atoms with Gasteiger partial charge in [-0.25, -0.2) is 4.98 Å². The van der Waals surface area contributed by atoms with Crippen LogP contribution in [0, 0.1) is 5.92 Å². The summed E-state index contributed by atoms with van der Waals surface area (Å²) >= 11 is 6.32. The molecule has 1 N–H and O–H groups in total. The van der Waals surface area contributed by atoms with Gasteiger partial charge in [0.25, 0.3) is 0 Å². The summed E-state index contributed by atoms with van der Waals surface area (Å²) in [6.07, 6.45) is 9.53. The lowest BCUT2D eigenvalue weighted by Gasteiger charge is -2.17. The number of ether oxygens (including phenoxy) is 1. The van der Waals surface area contributed by atoms with Crippen LogP contribution in [0.4, 0.5) is 0 Å². The Morgan fingerprint density at radius 1 is 1.29 bits per heavy atom. The molecule has 1 aromatic rings. The Morgan fingerprint density at radius 2 is 2.00 bits per heavy atom. The smallest absolute Gasteiger partial charge is 0.232 e. The maximum Gasteiger partial charge on any atom is 0.232 e. The van der Waals surface area contributed by atoms with E-state index in [0.29, 0.717) is 16.8 Å². The molecule has 1 aliphatic rings. The molecule has 21 heavy (non-hydrogen) atoms. The van der Waals surface area contributed by atoms with E-state index in [-0.39, 0.29) is 6.10 Å². The first-order chi connectivity index (χ1) is 10.1. The Morgan fingerprint density at radius 3 is 2.62 bits per heavy atom. The molecule has 1 aliphatic carbocycles. The molecule has 1 aromatic heterocycles. The van der Waals surface area contributed by atoms with Crippen molar-refractivity contribution in [2.24, 2.45) is 5.92 Å². The largest absolute Gasteiger partial charge is 0.473 e. The van der Waals surface area contributed by atoms with Crippen LogP contribution >= 0.6 is 11.6 Å². The molecule has 3 nitrogen and oxygen atoms in total. The second-order valence-electron chi connectivity index (χ2n) is 6.39. The van der Waals surface area contributed by atoms with Crippen LogP contribution in [0.15, 0.2) is 12.3 Å². The molecule has 0 saturated heterocycles. The van der Waals surface area contributed by atoms with E-state index in [0.717, 1.165) is 31.5 Å². The van der Waals surface area contributed by atoms with Gasteiger partial charge in [-0.3, -0.25) is 0 Å². The van der Waals surface area contributed by atoms with Gasteiger partial charge in [0.15, 0.2) is 0 Å². The van der Waals surface area contributed by atoms with Crippen molar-refractivity contribution in [2.45, 2.75) is 65.0 Å². The third-order valence-corrected chi connectivity index (χ3v) is 4.10. The summed E-state index contributed by atoms with van der Waals surface area (Å²) in [5.74, 6) is 1.24. The van der Waals surface area contributed by atoms with E-state index in [2.05, 4.69) is 24.1 Å². The lowest BCUT2D eigenvalue weighted by atomic mass is 10.1. The summed E-state index contributed by atoms with van der Waals surface area (Å²) in [6, 6.07) is 1.97. The van der Waals surface area contributed by atoms with Crippen molar-refractivity contribution < 1.29 is 4.74 Å². The zero-order valence-electron chi connectivity index (χ0n) is 13.2. The maximum absolute atomic E-state index is 6.32. The van der Waals surface area contributed by atoms with Crippen molar-refractivity contribution in [1.29, 1.82) is 0 Å². The summed E-state index contributed by atoms with van der Waals surface area (Å²) in [4.78, 5) is 4.41. The quantitative estimate of drug-likeness (QED) is 0.781. The van der Waals surface area contributed by atoms with Gasteiger partial charge in [0, 0.05) is 12.7 Å². The number of pyridine rings is 1. The minimum absolute atomic E-state index is 0.280. The number of aromatic nitrogens is 1. The highest BCUT2D eigenvalue weighted by Crippen LogP contribution is 2.27. The van der Waals surface area contributed by atoms with Crippen LogP contribution < -0.4 is 10.1 Å². The Balaban J connectivity index is 1.88. The minimum atomic E-state index is 0.280. The predicted octanol–water partition coefficient (Wildman–Crippen LogP) is 4.58. The number of nitrogens with zero attached hydrogens (tertiary/aromatic N) is 1. The van der Waals surface area contributed by atoms with Crippen molar-refractivity contribution in [2.75, 3.05) is 6.54 Å². The highest BCUT2D eigenvalue weighted by atomic mass is 35.5. The molecule has 0 bridgehead atoms. The fraction of sp³-hybridized carbons (Fsp3) is 0.706. The lowest BCUT2D eigenvalue weighted by Crippen LogP contribution is -2.19. The topological polar surface area (TPSA) is 34.2 Å². The van der Waals surface area contributed by atoms with Crippen LogP contribution in [0.1, 0.15) is 57.9 Å². The van der Waals surface area contributed by atoms with Crippen LogP contribution in [0.3, 0.4) is 0 Å². The highest BCUT2D eigenvalue weighted by molar-refractivity contribution is 6.31. The third kappa shape index (κ3) is 5.84. The Bertz CT molecular complexity index is 429. The van der Waals surface area contributed by atoms with Crippen molar-refractivity contribution in [3.63, 3.8) is 0 Å². The Labute approximate surface area is 133 Å². The van der Waals surface area contributed by atoms with Gasteiger partial charge < -0.3 is 10.1 Å². The second kappa shape index (κ2) is 8.60. The van der Waals surface area contributed by atoms with Gasteiger partial charge in [-0.15, -0.1) is 0 Å². The molecular weight excluding hydrogens is 284 g/mol. The van der Waals surface area contributed by atoms with Gasteiger partial charge >= 0.3 is 0 Å². The molecule has 1 saturated carbocycles. The zero-order chi connectivity index (χ0) is 15.1. The van der Waals surface area contributed by atoms with Crippen LogP contribution in [0.25, 0.3) is 0 Å². The zero-order valence-corrected chi connectivity index (χ0v) is 14.0. The molecule has 1 heterocycles. The molecule has 0 amide bonds. The predicted molar refractivity (Wildman–Crippen MR) is 87.9 cm³/mol. The minimum Gasteiger partial charge on any atom is -0.473 e. The Hall–Kier alpha value is -0.800. The number of nitrogens with one attached hydrogen (secondary N) is 1. The van der Waals surface area contributed by atoms with Gasteiger partial charge in [-0.1, -0.05) is 38.3 Å². The van der Waals surface area contributed by atoms with Crippen molar-refractivity contribution in [3.05, 3.63) is 22.8 Å². The van der Waals surface area contributed by atoms with E-state index in [1.54, 1.807) is 0 Å². The average Bonchev–Trinajstić information content (AvgIpc) is 2.70. The summed E-state index contributed by atoms with van der Waals surface area (Å²) in [5.41, 5.74) is 1.11. The van der Waals surface area contributed by atoms with Gasteiger partial charge in [0.2, 0.25) is 5.88 Å². The van der Waals surface area contributed by atoms with Gasteiger partial charge in [0.05, 0.1) is 0 Å². The first-order valence-electron chi connectivity index (χ1n) is 8.17. The van der Waals surface area contributed by atoms with Gasteiger partial charge in [0.1, 0.15) is 11.1 Å². The average molecular weight is 311 g/mol. The van der Waals surface area contributed by atoms with Gasteiger partial charge in [-0.2, -0.15) is 0 Å². The molecule has 4 heteroatoms. The Kier molecular flexibility index (Phi) is 6.78. The van der Waals surface area contributed by atoms with Crippen molar-refractivity contribution in [1.82, 2.24) is 10.3 Å². The normalized spacial score (nSPS) is 17.0. The molecule has 2 rings (SSSR count). The molecule has 0 spiro atoms. The van der Waals surface area contributed by atoms with Crippen LogP contribution in [-0.4, -0.2) is 17.6 Å². The van der Waals surface area contributed by atoms with E-state index in [1.165, 1.54) is 25.7 Å². The number of rotatable bonds is 6. The molecule has 0 atom stereocenters. The SMILES string of the molecule is CC(C)CNCc1cnc(OC2CCCCCC2)c(Cl)c1. The van der Waals surface area contributed by atoms with Gasteiger partial charge in [-0.05, 0) is 49.8 Å². The third-order valence-electron chi connectivity index (χ3n) is 3.83. The summed E-state index contributed by atoms with van der Waals surface area (Å²) in [7, 11) is 0. The van der Waals surface area contributed by atoms with Crippen molar-refractivity contribution >= 4 is 11.6 Å². The molecule has 0 unspecified atom stereocenters. The second-order valence-corrected chi connectivity index (χ2v) is 6.79. The summed E-state index contributed by atoms with van der Waals surface area (Å²) < 4.78 is 6.00. The van der Waals surface area contributed by atoms with E-state index in [9.17, 15) is 0 Å². The number of halogens is 1. The van der Waals surface area contributed by atoms with E-state index < -0.39 is 0 Å². The van der Waals surface area contributed by atoms with E-state index in [4.69, 9.17) is 16.3 Å².